The van der Waals surface area contributed by atoms with E-state index in [1.54, 1.807) is 91.9 Å². The predicted molar refractivity (Wildman–Crippen MR) is 237 cm³/mol. The Kier molecular flexibility index (Phi) is 13.2. The second-order valence-corrected chi connectivity index (χ2v) is 18.0. The van der Waals surface area contributed by atoms with E-state index in [0.29, 0.717) is 73.3 Å². The van der Waals surface area contributed by atoms with E-state index >= 15 is 0 Å². The summed E-state index contributed by atoms with van der Waals surface area (Å²) >= 11 is 1.30. The molecule has 0 radical (unpaired) electrons. The number of nitrogens with zero attached hydrogens (tertiary/aromatic N) is 7. The molecular formula is C40H28N8O14S4. The van der Waals surface area contributed by atoms with Crippen molar-refractivity contribution in [2.75, 3.05) is 5.32 Å². The minimum Gasteiger partial charge on any atom is -0.505 e. The number of amides is 1. The molecule has 0 saturated carbocycles. The number of benzene rings is 7. The van der Waals surface area contributed by atoms with Crippen LogP contribution in [-0.4, -0.2) is 62.5 Å². The Morgan fingerprint density at radius 3 is 2.09 bits per heavy atom. The average molecular weight is 973 g/mol. The highest BCUT2D eigenvalue weighted by molar-refractivity contribution is 7.95. The van der Waals surface area contributed by atoms with Crippen molar-refractivity contribution in [2.24, 2.45) is 20.5 Å². The summed E-state index contributed by atoms with van der Waals surface area (Å²) in [5.74, 6) is -0.674. The minimum absolute atomic E-state index is 0.0372. The number of anilines is 1. The summed E-state index contributed by atoms with van der Waals surface area (Å²) in [6, 6.07) is 28.7. The van der Waals surface area contributed by atoms with Gasteiger partial charge in [-0.15, -0.1) is 24.0 Å². The van der Waals surface area contributed by atoms with Crippen LogP contribution >= 0.6 is 24.1 Å². The quantitative estimate of drug-likeness (QED) is 0.0183. The molecule has 66 heavy (non-hydrogen) atoms. The van der Waals surface area contributed by atoms with Crippen molar-refractivity contribution in [3.63, 3.8) is 0 Å². The molecule has 0 saturated heterocycles. The van der Waals surface area contributed by atoms with Crippen molar-refractivity contribution in [2.45, 2.75) is 26.5 Å². The van der Waals surface area contributed by atoms with Crippen LogP contribution in [0.1, 0.15) is 15.9 Å². The zero-order valence-corrected chi connectivity index (χ0v) is 36.4. The van der Waals surface area contributed by atoms with E-state index in [9.17, 15) is 35.8 Å². The summed E-state index contributed by atoms with van der Waals surface area (Å²) in [6.07, 6.45) is 0. The Bertz CT molecular complexity index is 3480. The first-order valence-electron chi connectivity index (χ1n) is 18.4. The molecule has 1 heterocycles. The second kappa shape index (κ2) is 19.0. The average Bonchev–Trinajstić information content (AvgIpc) is 3.74. The van der Waals surface area contributed by atoms with Crippen molar-refractivity contribution in [1.82, 2.24) is 15.0 Å². The minimum atomic E-state index is -4.94. The highest BCUT2D eigenvalue weighted by atomic mass is 32.2. The number of carbonyl (C=O) groups excluding carboxylic acids is 1. The molecule has 22 nitrogen and oxygen atoms in total. The summed E-state index contributed by atoms with van der Waals surface area (Å²) in [6.45, 7) is 1.78. The fourth-order valence-corrected chi connectivity index (χ4v) is 8.66. The molecule has 0 bridgehead atoms. The number of aromatic nitrogens is 3. The van der Waals surface area contributed by atoms with Gasteiger partial charge in [0.1, 0.15) is 21.6 Å². The van der Waals surface area contributed by atoms with Crippen molar-refractivity contribution in [1.29, 1.82) is 0 Å². The van der Waals surface area contributed by atoms with Gasteiger partial charge in [-0.3, -0.25) is 13.9 Å². The Morgan fingerprint density at radius 1 is 0.697 bits per heavy atom. The predicted octanol–water partition coefficient (Wildman–Crippen LogP) is 10.2. The Morgan fingerprint density at radius 2 is 1.39 bits per heavy atom. The first-order valence-corrected chi connectivity index (χ1v) is 22.8. The third-order valence-electron chi connectivity index (χ3n) is 9.54. The highest BCUT2D eigenvalue weighted by Gasteiger charge is 2.23. The summed E-state index contributed by atoms with van der Waals surface area (Å²) in [5, 5.41) is 65.4. The number of hydrogen-bond donors (Lipinski definition) is 6. The molecule has 0 fully saturated rings. The first kappa shape index (κ1) is 45.8. The molecule has 6 N–H and O–H groups in total. The van der Waals surface area contributed by atoms with E-state index in [2.05, 4.69) is 54.7 Å². The van der Waals surface area contributed by atoms with Crippen LogP contribution in [-0.2, 0) is 39.0 Å². The van der Waals surface area contributed by atoms with Crippen molar-refractivity contribution >= 4 is 111 Å². The van der Waals surface area contributed by atoms with Gasteiger partial charge in [0.15, 0.2) is 5.75 Å². The monoisotopic (exact) mass is 972 g/mol. The van der Waals surface area contributed by atoms with E-state index in [4.69, 9.17) is 10.5 Å². The van der Waals surface area contributed by atoms with Gasteiger partial charge in [-0.1, -0.05) is 16.1 Å². The summed E-state index contributed by atoms with van der Waals surface area (Å²) < 4.78 is 77.0. The van der Waals surface area contributed by atoms with E-state index in [1.807, 2.05) is 0 Å². The SMILES string of the molecule is Cc1cc(N=Nc2c(SOOO)cc3cc(-n4nc5ccc6c(S(=O)(=O)O)cc(S(=O)(=O)O)cc6c5n4)ccc3c2O)ccc1N=Nc1ccc(C(=O)Nc2ccc(SOOO)cc2)cc1. The van der Waals surface area contributed by atoms with E-state index in [0.717, 1.165) is 18.1 Å². The standard InChI is InChI=1S/C40H28N8O14S4/c1-21-16-26(8-14-33(21)44-42-25-4-2-22(3-5-25)40(50)41-24-6-10-28(11-7-24)63-61-59-51)43-45-38-35(64-62-60-52)18-23-17-27(9-12-30(23)39(38)49)48-46-34-15-13-31-32(37(34)47-48)19-29(65(53,54)55)20-36(31)66(56,57)58/h2-20,49,51-52H,1H3,(H,41,50)(H,53,54,55)(H,56,57,58). The van der Waals surface area contributed by atoms with Crippen LogP contribution in [0.3, 0.4) is 0 Å². The van der Waals surface area contributed by atoms with Gasteiger partial charge in [0.2, 0.25) is 0 Å². The number of hydrogen-bond acceptors (Lipinski definition) is 20. The smallest absolute Gasteiger partial charge is 0.295 e. The molecule has 0 spiro atoms. The Labute approximate surface area is 379 Å². The molecular weight excluding hydrogens is 945 g/mol. The fraction of sp³-hybridized carbons (Fsp3) is 0.0250. The van der Waals surface area contributed by atoms with Gasteiger partial charge in [-0.2, -0.15) is 37.0 Å². The Balaban J connectivity index is 1.01. The molecule has 0 atom stereocenters. The molecule has 1 amide bonds. The summed E-state index contributed by atoms with van der Waals surface area (Å²) in [5.41, 5.74) is 3.49. The fourth-order valence-electron chi connectivity index (χ4n) is 6.47. The van der Waals surface area contributed by atoms with Gasteiger partial charge in [-0.05, 0) is 127 Å². The lowest BCUT2D eigenvalue weighted by atomic mass is 10.1. The highest BCUT2D eigenvalue weighted by Crippen LogP contribution is 2.45. The van der Waals surface area contributed by atoms with Crippen molar-refractivity contribution in [3.05, 3.63) is 126 Å². The maximum absolute atomic E-state index is 12.8. The van der Waals surface area contributed by atoms with Gasteiger partial charge in [0.25, 0.3) is 26.1 Å². The van der Waals surface area contributed by atoms with Crippen LogP contribution < -0.4 is 5.32 Å². The Hall–Kier alpha value is -6.79. The van der Waals surface area contributed by atoms with Crippen LogP contribution in [0.25, 0.3) is 38.3 Å². The summed E-state index contributed by atoms with van der Waals surface area (Å²) in [7, 11) is -9.85. The molecule has 8 rings (SSSR count). The maximum atomic E-state index is 12.8. The largest absolute Gasteiger partial charge is 0.505 e. The number of aryl methyl sites for hydroxylation is 1. The van der Waals surface area contributed by atoms with Gasteiger partial charge >= 0.3 is 0 Å². The number of aromatic hydroxyl groups is 1. The summed E-state index contributed by atoms with van der Waals surface area (Å²) in [4.78, 5) is 13.2. The van der Waals surface area contributed by atoms with E-state index in [-0.39, 0.29) is 44.0 Å². The lowest BCUT2D eigenvalue weighted by molar-refractivity contribution is -0.432. The lowest BCUT2D eigenvalue weighted by Gasteiger charge is -2.10. The number of carbonyl (C=O) groups is 1. The number of fused-ring (bicyclic) bond motifs is 4. The number of rotatable bonds is 15. The van der Waals surface area contributed by atoms with Crippen LogP contribution in [0.15, 0.2) is 155 Å². The molecule has 0 aliphatic heterocycles. The first-order chi connectivity index (χ1) is 31.6. The number of nitrogens with one attached hydrogen (secondary N) is 1. The third-order valence-corrected chi connectivity index (χ3v) is 12.5. The van der Waals surface area contributed by atoms with Crippen LogP contribution in [0.5, 0.6) is 5.75 Å². The van der Waals surface area contributed by atoms with Crippen molar-refractivity contribution in [3.8, 4) is 11.4 Å². The molecule has 0 aliphatic rings. The van der Waals surface area contributed by atoms with E-state index < -0.39 is 30.0 Å². The second-order valence-electron chi connectivity index (χ2n) is 13.7. The van der Waals surface area contributed by atoms with E-state index in [1.165, 1.54) is 23.0 Å². The van der Waals surface area contributed by atoms with Gasteiger partial charge in [0.05, 0.1) is 56.6 Å². The topological polar surface area (TPSA) is 316 Å². The van der Waals surface area contributed by atoms with Crippen LogP contribution in [0, 0.1) is 6.92 Å². The normalized spacial score (nSPS) is 12.3. The molecule has 26 heteroatoms. The zero-order chi connectivity index (χ0) is 46.8. The zero-order valence-electron chi connectivity index (χ0n) is 33.1. The van der Waals surface area contributed by atoms with Crippen LogP contribution in [0.2, 0.25) is 0 Å². The van der Waals surface area contributed by atoms with Gasteiger partial charge in [-0.25, -0.2) is 10.5 Å². The van der Waals surface area contributed by atoms with Gasteiger partial charge in [0, 0.05) is 32.3 Å². The molecule has 7 aromatic carbocycles. The molecule has 0 aliphatic carbocycles. The molecule has 336 valence electrons. The number of phenols is 1. The van der Waals surface area contributed by atoms with Crippen LogP contribution in [0.4, 0.5) is 28.4 Å². The molecule has 8 aromatic rings. The van der Waals surface area contributed by atoms with Crippen molar-refractivity contribution < 1.29 is 65.1 Å². The third kappa shape index (κ3) is 10.0. The maximum Gasteiger partial charge on any atom is 0.295 e. The van der Waals surface area contributed by atoms with Gasteiger partial charge < -0.3 is 10.4 Å². The molecule has 1 aromatic heterocycles. The number of azo groups is 2. The lowest BCUT2D eigenvalue weighted by Crippen LogP contribution is -2.11. The number of phenolic OH excluding ortho intramolecular Hbond substituents is 1. The molecule has 0 unspecified atom stereocenters.